The molecule has 0 saturated heterocycles. The summed E-state index contributed by atoms with van der Waals surface area (Å²) in [6, 6.07) is 3.32. The first-order valence-corrected chi connectivity index (χ1v) is 7.29. The van der Waals surface area contributed by atoms with Gasteiger partial charge in [0.15, 0.2) is 0 Å². The van der Waals surface area contributed by atoms with Crippen LogP contribution in [0.4, 0.5) is 10.1 Å². The number of hydrogen-bond donors (Lipinski definition) is 2. The van der Waals surface area contributed by atoms with Crippen LogP contribution in [0.1, 0.15) is 26.7 Å². The molecule has 0 radical (unpaired) electrons. The highest BCUT2D eigenvalue weighted by molar-refractivity contribution is 7.89. The van der Waals surface area contributed by atoms with Crippen molar-refractivity contribution in [3.05, 3.63) is 24.0 Å². The molecule has 0 heterocycles. The monoisotopic (exact) mass is 272 g/mol. The Hall–Kier alpha value is -1.14. The maximum Gasteiger partial charge on any atom is 0.241 e. The average molecular weight is 272 g/mol. The number of nitrogens with one attached hydrogen (secondary N) is 1. The smallest absolute Gasteiger partial charge is 0.241 e. The third kappa shape index (κ3) is 2.81. The number of nitrogen functional groups attached to an aromatic ring is 1. The topological polar surface area (TPSA) is 72.2 Å². The van der Waals surface area contributed by atoms with Crippen molar-refractivity contribution in [1.82, 2.24) is 4.72 Å². The summed E-state index contributed by atoms with van der Waals surface area (Å²) < 4.78 is 40.1. The molecule has 0 aromatic heterocycles. The van der Waals surface area contributed by atoms with Gasteiger partial charge in [0.25, 0.3) is 0 Å². The minimum atomic E-state index is -3.74. The van der Waals surface area contributed by atoms with Crippen LogP contribution in [0, 0.1) is 11.7 Å². The maximum absolute atomic E-state index is 13.2. The summed E-state index contributed by atoms with van der Waals surface area (Å²) in [5.74, 6) is -0.308. The largest absolute Gasteiger partial charge is 0.399 e. The van der Waals surface area contributed by atoms with Gasteiger partial charge in [0.2, 0.25) is 10.0 Å². The van der Waals surface area contributed by atoms with Gasteiger partial charge in [0.1, 0.15) is 5.82 Å². The lowest BCUT2D eigenvalue weighted by Gasteiger charge is -2.25. The van der Waals surface area contributed by atoms with Crippen LogP contribution in [-0.4, -0.2) is 14.0 Å². The Morgan fingerprint density at radius 2 is 1.94 bits per heavy atom. The Bertz CT molecular complexity index is 545. The lowest BCUT2D eigenvalue weighted by Crippen LogP contribution is -2.45. The van der Waals surface area contributed by atoms with E-state index in [4.69, 9.17) is 5.73 Å². The predicted molar refractivity (Wildman–Crippen MR) is 67.9 cm³/mol. The van der Waals surface area contributed by atoms with E-state index in [-0.39, 0.29) is 10.6 Å². The zero-order valence-corrected chi connectivity index (χ0v) is 11.2. The van der Waals surface area contributed by atoms with E-state index in [2.05, 4.69) is 4.72 Å². The van der Waals surface area contributed by atoms with Crippen LogP contribution in [0.25, 0.3) is 0 Å². The summed E-state index contributed by atoms with van der Waals surface area (Å²) in [7, 11) is -3.74. The van der Waals surface area contributed by atoms with E-state index in [1.807, 2.05) is 13.8 Å². The van der Waals surface area contributed by atoms with E-state index in [0.29, 0.717) is 5.92 Å². The van der Waals surface area contributed by atoms with E-state index in [0.717, 1.165) is 25.0 Å². The van der Waals surface area contributed by atoms with Gasteiger partial charge in [-0.2, -0.15) is 0 Å². The Kier molecular flexibility index (Phi) is 3.11. The van der Waals surface area contributed by atoms with Gasteiger partial charge in [0.05, 0.1) is 4.90 Å². The van der Waals surface area contributed by atoms with Crippen LogP contribution in [0.5, 0.6) is 0 Å². The zero-order valence-electron chi connectivity index (χ0n) is 10.4. The van der Waals surface area contributed by atoms with Crippen molar-refractivity contribution in [3.8, 4) is 0 Å². The first-order chi connectivity index (χ1) is 8.21. The second-order valence-electron chi connectivity index (χ2n) is 5.32. The molecule has 4 nitrogen and oxygen atoms in total. The van der Waals surface area contributed by atoms with Crippen molar-refractivity contribution >= 4 is 15.7 Å². The standard InChI is InChI=1S/C12H17FN2O2S/c1-12(2,8-3-4-8)15-18(16,17)11-6-9(13)5-10(14)7-11/h5-8,15H,3-4,14H2,1-2H3. The molecule has 1 aliphatic rings. The third-order valence-corrected chi connectivity index (χ3v) is 4.85. The molecule has 18 heavy (non-hydrogen) atoms. The molecule has 1 fully saturated rings. The van der Waals surface area contributed by atoms with Crippen LogP contribution in [-0.2, 0) is 10.0 Å². The number of anilines is 1. The highest BCUT2D eigenvalue weighted by Crippen LogP contribution is 2.40. The summed E-state index contributed by atoms with van der Waals surface area (Å²) in [6.45, 7) is 3.68. The van der Waals surface area contributed by atoms with Gasteiger partial charge >= 0.3 is 0 Å². The first kappa shape index (κ1) is 13.3. The highest BCUT2D eigenvalue weighted by Gasteiger charge is 2.40. The van der Waals surface area contributed by atoms with Gasteiger partial charge in [-0.25, -0.2) is 17.5 Å². The van der Waals surface area contributed by atoms with Crippen molar-refractivity contribution in [1.29, 1.82) is 0 Å². The SMILES string of the molecule is CC(C)(NS(=O)(=O)c1cc(N)cc(F)c1)C1CC1. The van der Waals surface area contributed by atoms with E-state index >= 15 is 0 Å². The maximum atomic E-state index is 13.2. The summed E-state index contributed by atoms with van der Waals surface area (Å²) >= 11 is 0. The lowest BCUT2D eigenvalue weighted by atomic mass is 10.0. The van der Waals surface area contributed by atoms with E-state index in [1.54, 1.807) is 0 Å². The minimum Gasteiger partial charge on any atom is -0.399 e. The molecule has 0 bridgehead atoms. The molecule has 1 aromatic carbocycles. The van der Waals surface area contributed by atoms with Crippen LogP contribution >= 0.6 is 0 Å². The molecule has 100 valence electrons. The molecule has 3 N–H and O–H groups in total. The van der Waals surface area contributed by atoms with E-state index < -0.39 is 21.4 Å². The number of halogens is 1. The van der Waals surface area contributed by atoms with Crippen LogP contribution in [0.15, 0.2) is 23.1 Å². The molecule has 1 aliphatic carbocycles. The number of nitrogens with two attached hydrogens (primary N) is 1. The number of rotatable bonds is 4. The van der Waals surface area contributed by atoms with Crippen molar-refractivity contribution in [3.63, 3.8) is 0 Å². The Labute approximate surface area is 106 Å². The van der Waals surface area contributed by atoms with Gasteiger partial charge in [-0.05, 0) is 50.8 Å². The predicted octanol–water partition coefficient (Wildman–Crippen LogP) is 1.87. The molecular formula is C12H17FN2O2S. The summed E-state index contributed by atoms with van der Waals surface area (Å²) in [5, 5.41) is 0. The van der Waals surface area contributed by atoms with Crippen LogP contribution in [0.2, 0.25) is 0 Å². The molecule has 0 unspecified atom stereocenters. The average Bonchev–Trinajstić information content (AvgIpc) is 2.96. The Morgan fingerprint density at radius 1 is 1.33 bits per heavy atom. The van der Waals surface area contributed by atoms with E-state index in [9.17, 15) is 12.8 Å². The van der Waals surface area contributed by atoms with Gasteiger partial charge in [-0.3, -0.25) is 0 Å². The molecule has 1 aromatic rings. The van der Waals surface area contributed by atoms with Gasteiger partial charge < -0.3 is 5.73 Å². The second-order valence-corrected chi connectivity index (χ2v) is 7.00. The van der Waals surface area contributed by atoms with Crippen molar-refractivity contribution in [2.24, 2.45) is 5.92 Å². The zero-order chi connectivity index (χ0) is 13.6. The van der Waals surface area contributed by atoms with Crippen LogP contribution in [0.3, 0.4) is 0 Å². The van der Waals surface area contributed by atoms with Gasteiger partial charge in [-0.1, -0.05) is 0 Å². The first-order valence-electron chi connectivity index (χ1n) is 5.81. The molecule has 2 rings (SSSR count). The Balaban J connectivity index is 2.30. The van der Waals surface area contributed by atoms with E-state index in [1.165, 1.54) is 6.07 Å². The molecule has 6 heteroatoms. The molecule has 1 saturated carbocycles. The number of benzene rings is 1. The number of sulfonamides is 1. The van der Waals surface area contributed by atoms with Crippen LogP contribution < -0.4 is 10.5 Å². The summed E-state index contributed by atoms with van der Waals surface area (Å²) in [6.07, 6.45) is 2.03. The minimum absolute atomic E-state index is 0.0969. The Morgan fingerprint density at radius 3 is 2.44 bits per heavy atom. The van der Waals surface area contributed by atoms with Crippen molar-refractivity contribution in [2.45, 2.75) is 37.1 Å². The fourth-order valence-corrected chi connectivity index (χ4v) is 3.57. The molecule has 0 aliphatic heterocycles. The number of hydrogen-bond acceptors (Lipinski definition) is 3. The van der Waals surface area contributed by atoms with Crippen molar-refractivity contribution in [2.75, 3.05) is 5.73 Å². The van der Waals surface area contributed by atoms with Gasteiger partial charge in [0, 0.05) is 11.2 Å². The highest BCUT2D eigenvalue weighted by atomic mass is 32.2. The second kappa shape index (κ2) is 4.20. The third-order valence-electron chi connectivity index (χ3n) is 3.20. The molecular weight excluding hydrogens is 255 g/mol. The fourth-order valence-electron chi connectivity index (χ4n) is 2.03. The molecule has 0 spiro atoms. The summed E-state index contributed by atoms with van der Waals surface area (Å²) in [5.41, 5.74) is 5.04. The normalized spacial score (nSPS) is 16.8. The quantitative estimate of drug-likeness (QED) is 0.822. The molecule has 0 amide bonds. The van der Waals surface area contributed by atoms with Gasteiger partial charge in [-0.15, -0.1) is 0 Å². The molecule has 0 atom stereocenters. The summed E-state index contributed by atoms with van der Waals surface area (Å²) in [4.78, 5) is -0.131. The fraction of sp³-hybridized carbons (Fsp3) is 0.500. The van der Waals surface area contributed by atoms with Crippen molar-refractivity contribution < 1.29 is 12.8 Å². The lowest BCUT2D eigenvalue weighted by molar-refractivity contribution is 0.400.